The number of nitrogens with one attached hydrogen (secondary N) is 2. The molecule has 1 aromatic heterocycles. The minimum absolute atomic E-state index is 0.0773. The number of hydrogen-bond acceptors (Lipinski definition) is 8. The first-order chi connectivity index (χ1) is 11.7. The second-order valence-electron chi connectivity index (χ2n) is 6.30. The number of rotatable bonds is 4. The SMILES string of the molecule is N=C(NO)c1cc(N2CC(CN3CCOCC3)C2)c2nonc2c1. The summed E-state index contributed by atoms with van der Waals surface area (Å²) in [5.74, 6) is 0.531. The molecule has 2 aliphatic heterocycles. The number of ether oxygens (including phenoxy) is 1. The Hall–Kier alpha value is -2.23. The first-order valence-corrected chi connectivity index (χ1v) is 8.05. The molecule has 2 saturated heterocycles. The molecule has 0 unspecified atom stereocenters. The lowest BCUT2D eigenvalue weighted by Gasteiger charge is -2.43. The topological polar surface area (TPSA) is 111 Å². The molecular weight excluding hydrogens is 312 g/mol. The second kappa shape index (κ2) is 6.34. The first kappa shape index (κ1) is 15.3. The molecule has 2 aliphatic rings. The van der Waals surface area contributed by atoms with Gasteiger partial charge in [-0.15, -0.1) is 0 Å². The van der Waals surface area contributed by atoms with Crippen LogP contribution in [0.25, 0.3) is 11.0 Å². The number of nitrogens with zero attached hydrogens (tertiary/aromatic N) is 4. The zero-order valence-corrected chi connectivity index (χ0v) is 13.2. The van der Waals surface area contributed by atoms with Crippen LogP contribution in [-0.4, -0.2) is 72.2 Å². The Morgan fingerprint density at radius 3 is 2.83 bits per heavy atom. The number of amidine groups is 1. The highest BCUT2D eigenvalue weighted by Crippen LogP contribution is 2.32. The Morgan fingerprint density at radius 2 is 2.08 bits per heavy atom. The molecule has 1 aromatic carbocycles. The Labute approximate surface area is 138 Å². The maximum Gasteiger partial charge on any atom is 0.158 e. The van der Waals surface area contributed by atoms with Crippen LogP contribution in [0, 0.1) is 11.3 Å². The number of morpholine rings is 1. The standard InChI is InChI=1S/C15H20N6O3/c16-15(17-22)11-5-12-14(19-24-18-12)13(6-11)21-8-10(9-21)7-20-1-3-23-4-2-20/h5-6,10,22H,1-4,7-9H2,(H2,16,17). The van der Waals surface area contributed by atoms with E-state index < -0.39 is 0 Å². The minimum Gasteiger partial charge on any atom is -0.379 e. The van der Waals surface area contributed by atoms with Gasteiger partial charge in [0, 0.05) is 44.2 Å². The van der Waals surface area contributed by atoms with Crippen molar-refractivity contribution in [2.75, 3.05) is 50.8 Å². The average molecular weight is 332 g/mol. The lowest BCUT2D eigenvalue weighted by Crippen LogP contribution is -2.53. The fourth-order valence-electron chi connectivity index (χ4n) is 3.35. The molecule has 2 fully saturated rings. The molecule has 0 bridgehead atoms. The van der Waals surface area contributed by atoms with Crippen molar-refractivity contribution in [3.8, 4) is 0 Å². The van der Waals surface area contributed by atoms with Crippen LogP contribution in [0.3, 0.4) is 0 Å². The lowest BCUT2D eigenvalue weighted by molar-refractivity contribution is 0.0286. The fourth-order valence-corrected chi connectivity index (χ4v) is 3.35. The van der Waals surface area contributed by atoms with Crippen LogP contribution in [0.15, 0.2) is 16.8 Å². The van der Waals surface area contributed by atoms with Crippen molar-refractivity contribution >= 4 is 22.6 Å². The summed E-state index contributed by atoms with van der Waals surface area (Å²) in [6.07, 6.45) is 0. The highest BCUT2D eigenvalue weighted by molar-refractivity contribution is 6.02. The summed E-state index contributed by atoms with van der Waals surface area (Å²) in [7, 11) is 0. The Balaban J connectivity index is 1.48. The van der Waals surface area contributed by atoms with Crippen molar-refractivity contribution in [3.05, 3.63) is 17.7 Å². The predicted molar refractivity (Wildman–Crippen MR) is 86.5 cm³/mol. The molecule has 0 saturated carbocycles. The Kier molecular flexibility index (Phi) is 4.05. The second-order valence-corrected chi connectivity index (χ2v) is 6.30. The maximum absolute atomic E-state index is 8.97. The van der Waals surface area contributed by atoms with E-state index in [2.05, 4.69) is 20.1 Å². The summed E-state index contributed by atoms with van der Waals surface area (Å²) < 4.78 is 10.2. The van der Waals surface area contributed by atoms with Gasteiger partial charge in [-0.2, -0.15) is 0 Å². The smallest absolute Gasteiger partial charge is 0.158 e. The molecule has 3 N–H and O–H groups in total. The molecule has 9 nitrogen and oxygen atoms in total. The van der Waals surface area contributed by atoms with Crippen LogP contribution in [0.1, 0.15) is 5.56 Å². The van der Waals surface area contributed by atoms with Gasteiger partial charge < -0.3 is 9.64 Å². The molecule has 0 spiro atoms. The average Bonchev–Trinajstić information content (AvgIpc) is 3.06. The summed E-state index contributed by atoms with van der Waals surface area (Å²) in [5.41, 5.74) is 4.58. The third kappa shape index (κ3) is 2.81. The quantitative estimate of drug-likeness (QED) is 0.416. The lowest BCUT2D eigenvalue weighted by atomic mass is 9.97. The highest BCUT2D eigenvalue weighted by Gasteiger charge is 2.31. The zero-order chi connectivity index (χ0) is 16.5. The number of anilines is 1. The van der Waals surface area contributed by atoms with Gasteiger partial charge in [-0.25, -0.2) is 4.63 Å². The van der Waals surface area contributed by atoms with Crippen molar-refractivity contribution in [2.45, 2.75) is 0 Å². The van der Waals surface area contributed by atoms with Gasteiger partial charge in [0.2, 0.25) is 0 Å². The molecule has 4 rings (SSSR count). The van der Waals surface area contributed by atoms with E-state index in [1.807, 2.05) is 11.5 Å². The summed E-state index contributed by atoms with van der Waals surface area (Å²) in [6, 6.07) is 3.51. The van der Waals surface area contributed by atoms with Gasteiger partial charge in [0.1, 0.15) is 11.4 Å². The monoisotopic (exact) mass is 332 g/mol. The van der Waals surface area contributed by atoms with Crippen molar-refractivity contribution in [2.24, 2.45) is 5.92 Å². The van der Waals surface area contributed by atoms with Crippen LogP contribution >= 0.6 is 0 Å². The summed E-state index contributed by atoms with van der Waals surface area (Å²) >= 11 is 0. The van der Waals surface area contributed by atoms with Crippen molar-refractivity contribution in [1.82, 2.24) is 20.7 Å². The van der Waals surface area contributed by atoms with Gasteiger partial charge in [0.05, 0.1) is 18.9 Å². The van der Waals surface area contributed by atoms with Gasteiger partial charge in [-0.1, -0.05) is 0 Å². The number of hydroxylamine groups is 1. The van der Waals surface area contributed by atoms with E-state index in [0.29, 0.717) is 22.5 Å². The highest BCUT2D eigenvalue weighted by atomic mass is 16.6. The van der Waals surface area contributed by atoms with Crippen LogP contribution in [0.4, 0.5) is 5.69 Å². The van der Waals surface area contributed by atoms with Crippen LogP contribution in [-0.2, 0) is 4.74 Å². The zero-order valence-electron chi connectivity index (χ0n) is 13.2. The number of aromatic nitrogens is 2. The molecule has 24 heavy (non-hydrogen) atoms. The molecule has 2 aromatic rings. The van der Waals surface area contributed by atoms with Gasteiger partial charge in [-0.3, -0.25) is 21.0 Å². The molecule has 9 heteroatoms. The predicted octanol–water partition coefficient (Wildman–Crippen LogP) is 0.295. The molecule has 3 heterocycles. The third-order valence-corrected chi connectivity index (χ3v) is 4.66. The molecule has 0 atom stereocenters. The molecule has 0 radical (unpaired) electrons. The molecule has 0 amide bonds. The van der Waals surface area contributed by atoms with Gasteiger partial charge in [0.25, 0.3) is 0 Å². The van der Waals surface area contributed by atoms with Gasteiger partial charge >= 0.3 is 0 Å². The first-order valence-electron chi connectivity index (χ1n) is 8.05. The number of benzene rings is 1. The van der Waals surface area contributed by atoms with E-state index in [1.54, 1.807) is 6.07 Å². The fraction of sp³-hybridized carbons (Fsp3) is 0.533. The summed E-state index contributed by atoms with van der Waals surface area (Å²) in [6.45, 7) is 6.59. The van der Waals surface area contributed by atoms with E-state index in [0.717, 1.165) is 51.6 Å². The van der Waals surface area contributed by atoms with E-state index in [1.165, 1.54) is 0 Å². The van der Waals surface area contributed by atoms with E-state index in [9.17, 15) is 0 Å². The van der Waals surface area contributed by atoms with E-state index in [-0.39, 0.29) is 5.84 Å². The number of fused-ring (bicyclic) bond motifs is 1. The van der Waals surface area contributed by atoms with Crippen LogP contribution in [0.5, 0.6) is 0 Å². The molecular formula is C15H20N6O3. The largest absolute Gasteiger partial charge is 0.379 e. The maximum atomic E-state index is 8.97. The third-order valence-electron chi connectivity index (χ3n) is 4.66. The van der Waals surface area contributed by atoms with Crippen molar-refractivity contribution in [3.63, 3.8) is 0 Å². The van der Waals surface area contributed by atoms with Gasteiger partial charge in [-0.05, 0) is 22.4 Å². The summed E-state index contributed by atoms with van der Waals surface area (Å²) in [5, 5.41) is 24.6. The molecule has 128 valence electrons. The van der Waals surface area contributed by atoms with Gasteiger partial charge in [0.15, 0.2) is 5.52 Å². The van der Waals surface area contributed by atoms with Crippen molar-refractivity contribution in [1.29, 1.82) is 5.41 Å². The van der Waals surface area contributed by atoms with Crippen molar-refractivity contribution < 1.29 is 14.6 Å². The normalized spacial score (nSPS) is 19.5. The Morgan fingerprint density at radius 1 is 1.29 bits per heavy atom. The summed E-state index contributed by atoms with van der Waals surface area (Å²) in [4.78, 5) is 4.66. The molecule has 0 aliphatic carbocycles. The number of hydrogen-bond donors (Lipinski definition) is 3. The van der Waals surface area contributed by atoms with E-state index in [4.69, 9.17) is 20.0 Å². The minimum atomic E-state index is -0.0773. The Bertz CT molecular complexity index is 736. The van der Waals surface area contributed by atoms with E-state index >= 15 is 0 Å². The van der Waals surface area contributed by atoms with Crippen LogP contribution < -0.4 is 10.4 Å². The van der Waals surface area contributed by atoms with Crippen LogP contribution in [0.2, 0.25) is 0 Å².